The molecule has 1 aliphatic heterocycles. The summed E-state index contributed by atoms with van der Waals surface area (Å²) in [6.45, 7) is 1.98. The molecule has 8 nitrogen and oxygen atoms in total. The molecule has 0 radical (unpaired) electrons. The van der Waals surface area contributed by atoms with Crippen LogP contribution in [0.25, 0.3) is 0 Å². The number of esters is 1. The first-order chi connectivity index (χ1) is 14.5. The first-order valence-corrected chi connectivity index (χ1v) is 11.6. The Labute approximate surface area is 176 Å². The molecule has 1 aliphatic carbocycles. The maximum atomic E-state index is 13.3. The van der Waals surface area contributed by atoms with E-state index in [-0.39, 0.29) is 13.2 Å². The van der Waals surface area contributed by atoms with Crippen LogP contribution in [0.3, 0.4) is 0 Å². The summed E-state index contributed by atoms with van der Waals surface area (Å²) in [4.78, 5) is 12.4. The van der Waals surface area contributed by atoms with Crippen LogP contribution in [0.4, 0.5) is 0 Å². The molecule has 2 aliphatic rings. The van der Waals surface area contributed by atoms with E-state index in [2.05, 4.69) is 11.2 Å². The van der Waals surface area contributed by atoms with E-state index < -0.39 is 32.0 Å². The van der Waals surface area contributed by atoms with Gasteiger partial charge in [0.2, 0.25) is 0 Å². The highest BCUT2D eigenvalue weighted by atomic mass is 31.2. The molecule has 0 spiro atoms. The van der Waals surface area contributed by atoms with Crippen molar-refractivity contribution in [3.05, 3.63) is 54.1 Å². The number of aliphatic hydroxyl groups excluding tert-OH is 1. The summed E-state index contributed by atoms with van der Waals surface area (Å²) in [7, 11) is -3.95. The Bertz CT molecular complexity index is 811. The summed E-state index contributed by atoms with van der Waals surface area (Å²) in [5, 5.41) is 12.5. The smallest absolute Gasteiger partial charge is 0.459 e. The third-order valence-corrected chi connectivity index (χ3v) is 6.40. The second kappa shape index (κ2) is 10.9. The van der Waals surface area contributed by atoms with E-state index in [0.717, 1.165) is 18.4 Å². The van der Waals surface area contributed by atoms with Gasteiger partial charge in [-0.05, 0) is 43.9 Å². The number of rotatable bonds is 10. The first kappa shape index (κ1) is 22.7. The lowest BCUT2D eigenvalue weighted by molar-refractivity contribution is -0.144. The van der Waals surface area contributed by atoms with Crippen LogP contribution in [0, 0.1) is 0 Å². The van der Waals surface area contributed by atoms with Gasteiger partial charge in [-0.1, -0.05) is 36.4 Å². The standard InChI is InChI=1S/C21H28NO7P/c1-16(21(24)27-14-17-8-4-2-5-9-17)22-30(25,29-18-10-6-3-7-11-18)28-15-20-19(23)12-13-26-20/h2-4,6-8,10-11,16,19-20,23H,5,9,12-15H2,1H3,(H,22,25)/t16-,19?,20+,30?/m0/s1. The second-order valence-electron chi connectivity index (χ2n) is 7.21. The quantitative estimate of drug-likeness (QED) is 0.425. The predicted molar refractivity (Wildman–Crippen MR) is 111 cm³/mol. The molecule has 0 amide bonds. The van der Waals surface area contributed by atoms with Crippen LogP contribution >= 0.6 is 7.75 Å². The molecule has 1 aromatic carbocycles. The van der Waals surface area contributed by atoms with Gasteiger partial charge in [0.15, 0.2) is 0 Å². The average molecular weight is 437 g/mol. The molecule has 0 bridgehead atoms. The van der Waals surface area contributed by atoms with Crippen molar-refractivity contribution in [3.8, 4) is 5.75 Å². The lowest BCUT2D eigenvalue weighted by atomic mass is 10.1. The normalized spacial score (nSPS) is 24.0. The number of nitrogens with one attached hydrogen (secondary N) is 1. The van der Waals surface area contributed by atoms with Crippen LogP contribution in [0.1, 0.15) is 26.2 Å². The summed E-state index contributed by atoms with van der Waals surface area (Å²) in [5.74, 6) is -0.246. The Morgan fingerprint density at radius 1 is 1.37 bits per heavy atom. The Hall–Kier alpha value is -1.96. The molecule has 3 rings (SSSR count). The predicted octanol–water partition coefficient (Wildman–Crippen LogP) is 3.14. The topological polar surface area (TPSA) is 103 Å². The maximum absolute atomic E-state index is 13.3. The first-order valence-electron chi connectivity index (χ1n) is 10.0. The molecule has 1 fully saturated rings. The highest BCUT2D eigenvalue weighted by Crippen LogP contribution is 2.45. The Morgan fingerprint density at radius 3 is 2.83 bits per heavy atom. The van der Waals surface area contributed by atoms with Crippen molar-refractivity contribution in [2.75, 3.05) is 19.8 Å². The van der Waals surface area contributed by atoms with E-state index in [1.165, 1.54) is 6.92 Å². The van der Waals surface area contributed by atoms with Crippen molar-refractivity contribution in [2.45, 2.75) is 44.4 Å². The third-order valence-electron chi connectivity index (χ3n) is 4.76. The largest absolute Gasteiger partial charge is 0.460 e. The molecule has 2 unspecified atom stereocenters. The van der Waals surface area contributed by atoms with Gasteiger partial charge in [0.1, 0.15) is 24.5 Å². The highest BCUT2D eigenvalue weighted by Gasteiger charge is 2.35. The SMILES string of the molecule is C[C@H](NP(=O)(OC[C@H]1OCCC1O)Oc1ccccc1)C(=O)OCC1=CC=CCC1. The summed E-state index contributed by atoms with van der Waals surface area (Å²) >= 11 is 0. The molecule has 164 valence electrons. The molecular weight excluding hydrogens is 409 g/mol. The number of carbonyl (C=O) groups is 1. The number of hydrogen-bond acceptors (Lipinski definition) is 7. The lowest BCUT2D eigenvalue weighted by Crippen LogP contribution is -2.36. The summed E-state index contributed by atoms with van der Waals surface area (Å²) in [5.41, 5.74) is 1.02. The number of para-hydroxylation sites is 1. The van der Waals surface area contributed by atoms with Crippen molar-refractivity contribution >= 4 is 13.7 Å². The van der Waals surface area contributed by atoms with Crippen molar-refractivity contribution in [1.29, 1.82) is 0 Å². The molecular formula is C21H28NO7P. The van der Waals surface area contributed by atoms with E-state index in [0.29, 0.717) is 18.8 Å². The van der Waals surface area contributed by atoms with Crippen LogP contribution in [-0.2, 0) is 23.4 Å². The van der Waals surface area contributed by atoms with E-state index in [4.69, 9.17) is 18.5 Å². The molecule has 4 atom stereocenters. The Morgan fingerprint density at radius 2 is 2.17 bits per heavy atom. The van der Waals surface area contributed by atoms with Gasteiger partial charge < -0.3 is 19.1 Å². The zero-order chi connectivity index (χ0) is 21.4. The van der Waals surface area contributed by atoms with Gasteiger partial charge in [-0.2, -0.15) is 5.09 Å². The minimum atomic E-state index is -3.95. The molecule has 0 aromatic heterocycles. The Kier molecular flexibility index (Phi) is 8.24. The van der Waals surface area contributed by atoms with Gasteiger partial charge in [-0.15, -0.1) is 0 Å². The van der Waals surface area contributed by atoms with Crippen molar-refractivity contribution in [1.82, 2.24) is 5.09 Å². The number of hydrogen-bond donors (Lipinski definition) is 2. The fraction of sp³-hybridized carbons (Fsp3) is 0.476. The van der Waals surface area contributed by atoms with Crippen LogP contribution in [0.2, 0.25) is 0 Å². The van der Waals surface area contributed by atoms with Gasteiger partial charge in [0.25, 0.3) is 0 Å². The Balaban J connectivity index is 1.61. The van der Waals surface area contributed by atoms with Gasteiger partial charge in [0.05, 0.1) is 12.7 Å². The van der Waals surface area contributed by atoms with Crippen LogP contribution in [0.15, 0.2) is 54.1 Å². The third kappa shape index (κ3) is 6.79. The monoisotopic (exact) mass is 437 g/mol. The molecule has 30 heavy (non-hydrogen) atoms. The summed E-state index contributed by atoms with van der Waals surface area (Å²) < 4.78 is 35.1. The molecule has 2 N–H and O–H groups in total. The van der Waals surface area contributed by atoms with E-state index in [1.807, 2.05) is 12.2 Å². The van der Waals surface area contributed by atoms with Crippen LogP contribution in [0.5, 0.6) is 5.75 Å². The van der Waals surface area contributed by atoms with Gasteiger partial charge in [0, 0.05) is 6.61 Å². The molecule has 1 heterocycles. The number of benzene rings is 1. The molecule has 1 aromatic rings. The van der Waals surface area contributed by atoms with Crippen LogP contribution in [-0.4, -0.2) is 49.1 Å². The maximum Gasteiger partial charge on any atom is 0.459 e. The number of ether oxygens (including phenoxy) is 2. The average Bonchev–Trinajstić information content (AvgIpc) is 3.16. The van der Waals surface area contributed by atoms with Gasteiger partial charge in [-0.3, -0.25) is 9.32 Å². The van der Waals surface area contributed by atoms with Crippen molar-refractivity contribution in [2.24, 2.45) is 0 Å². The minimum Gasteiger partial charge on any atom is -0.460 e. The summed E-state index contributed by atoms with van der Waals surface area (Å²) in [6, 6.07) is 7.58. The zero-order valence-corrected chi connectivity index (χ0v) is 17.8. The highest BCUT2D eigenvalue weighted by molar-refractivity contribution is 7.52. The molecule has 0 saturated carbocycles. The molecule has 1 saturated heterocycles. The number of allylic oxidation sites excluding steroid dienone is 3. The zero-order valence-electron chi connectivity index (χ0n) is 16.9. The van der Waals surface area contributed by atoms with Crippen LogP contribution < -0.4 is 9.61 Å². The van der Waals surface area contributed by atoms with E-state index >= 15 is 0 Å². The van der Waals surface area contributed by atoms with Gasteiger partial charge >= 0.3 is 13.7 Å². The molecule has 9 heteroatoms. The van der Waals surface area contributed by atoms with E-state index in [1.54, 1.807) is 30.3 Å². The fourth-order valence-electron chi connectivity index (χ4n) is 3.03. The van der Waals surface area contributed by atoms with Crippen molar-refractivity contribution in [3.63, 3.8) is 0 Å². The summed E-state index contributed by atoms with van der Waals surface area (Å²) in [6.07, 6.45) is 6.85. The number of carbonyl (C=O) groups excluding carboxylic acids is 1. The van der Waals surface area contributed by atoms with Gasteiger partial charge in [-0.25, -0.2) is 4.57 Å². The lowest BCUT2D eigenvalue weighted by Gasteiger charge is -2.24. The number of aliphatic hydroxyl groups is 1. The van der Waals surface area contributed by atoms with E-state index in [9.17, 15) is 14.5 Å². The fourth-order valence-corrected chi connectivity index (χ4v) is 4.53. The minimum absolute atomic E-state index is 0.140. The second-order valence-corrected chi connectivity index (χ2v) is 8.91. The van der Waals surface area contributed by atoms with Crippen molar-refractivity contribution < 1.29 is 33.0 Å².